The van der Waals surface area contributed by atoms with Crippen molar-refractivity contribution < 1.29 is 9.21 Å². The van der Waals surface area contributed by atoms with Gasteiger partial charge in [0, 0.05) is 29.3 Å². The number of benzene rings is 1. The quantitative estimate of drug-likeness (QED) is 0.780. The van der Waals surface area contributed by atoms with Crippen molar-refractivity contribution in [2.45, 2.75) is 6.54 Å². The average Bonchev–Trinajstić information content (AvgIpc) is 2.53. The van der Waals surface area contributed by atoms with E-state index in [2.05, 4.69) is 10.3 Å². The zero-order valence-electron chi connectivity index (χ0n) is 11.5. The minimum Gasteiger partial charge on any atom is -0.438 e. The predicted octanol–water partition coefficient (Wildman–Crippen LogP) is 2.89. The number of carbonyl (C=O) groups excluding carboxylic acids is 1. The Bertz CT molecular complexity index is 891. The first kappa shape index (κ1) is 14.3. The van der Waals surface area contributed by atoms with Crippen LogP contribution in [-0.2, 0) is 6.54 Å². The maximum atomic E-state index is 12.2. The van der Waals surface area contributed by atoms with Gasteiger partial charge in [-0.1, -0.05) is 11.6 Å². The molecule has 2 heterocycles. The standard InChI is InChI=1S/C16H12ClN3O2/c17-12-1-2-14-11(7-12)8-13(15(18)22-14)16(21)20-9-10-3-5-19-6-4-10/h1-8,18H,9H2,(H,20,21). The Kier molecular flexibility index (Phi) is 3.89. The number of nitrogens with zero attached hydrogens (tertiary/aromatic N) is 1. The lowest BCUT2D eigenvalue weighted by atomic mass is 10.1. The molecular formula is C16H12ClN3O2. The fourth-order valence-electron chi connectivity index (χ4n) is 2.06. The van der Waals surface area contributed by atoms with Crippen LogP contribution in [0.25, 0.3) is 11.0 Å². The Morgan fingerprint density at radius 3 is 2.77 bits per heavy atom. The van der Waals surface area contributed by atoms with Gasteiger partial charge in [-0.3, -0.25) is 15.2 Å². The van der Waals surface area contributed by atoms with Gasteiger partial charge in [-0.2, -0.15) is 0 Å². The van der Waals surface area contributed by atoms with E-state index >= 15 is 0 Å². The van der Waals surface area contributed by atoms with Crippen LogP contribution in [0.3, 0.4) is 0 Å². The molecule has 1 aromatic carbocycles. The summed E-state index contributed by atoms with van der Waals surface area (Å²) >= 11 is 5.94. The second kappa shape index (κ2) is 5.99. The molecule has 0 radical (unpaired) electrons. The number of carbonyl (C=O) groups is 1. The summed E-state index contributed by atoms with van der Waals surface area (Å²) in [6, 6.07) is 10.3. The van der Waals surface area contributed by atoms with Crippen molar-refractivity contribution in [1.82, 2.24) is 10.3 Å². The number of hydrogen-bond donors (Lipinski definition) is 2. The number of pyridine rings is 1. The van der Waals surface area contributed by atoms with Gasteiger partial charge >= 0.3 is 0 Å². The fourth-order valence-corrected chi connectivity index (χ4v) is 2.24. The summed E-state index contributed by atoms with van der Waals surface area (Å²) in [5, 5.41) is 11.8. The van der Waals surface area contributed by atoms with E-state index in [1.807, 2.05) is 12.1 Å². The largest absolute Gasteiger partial charge is 0.438 e. The average molecular weight is 314 g/mol. The number of amides is 1. The Balaban J connectivity index is 1.87. The highest BCUT2D eigenvalue weighted by Crippen LogP contribution is 2.18. The van der Waals surface area contributed by atoms with E-state index in [0.717, 1.165) is 5.56 Å². The van der Waals surface area contributed by atoms with E-state index in [1.54, 1.807) is 36.7 Å². The molecule has 3 rings (SSSR count). The molecule has 0 unspecified atom stereocenters. The van der Waals surface area contributed by atoms with Crippen LogP contribution in [0.5, 0.6) is 0 Å². The van der Waals surface area contributed by atoms with Crippen LogP contribution in [0.4, 0.5) is 0 Å². The summed E-state index contributed by atoms with van der Waals surface area (Å²) in [7, 11) is 0. The van der Waals surface area contributed by atoms with Crippen molar-refractivity contribution in [3.05, 3.63) is 70.5 Å². The summed E-state index contributed by atoms with van der Waals surface area (Å²) < 4.78 is 5.36. The molecule has 5 nitrogen and oxygen atoms in total. The SMILES string of the molecule is N=c1oc2ccc(Cl)cc2cc1C(=O)NCc1ccncc1. The van der Waals surface area contributed by atoms with E-state index in [4.69, 9.17) is 21.4 Å². The van der Waals surface area contributed by atoms with Gasteiger partial charge in [0.15, 0.2) is 0 Å². The maximum absolute atomic E-state index is 12.2. The Labute approximate surface area is 131 Å². The van der Waals surface area contributed by atoms with Crippen molar-refractivity contribution >= 4 is 28.5 Å². The highest BCUT2D eigenvalue weighted by Gasteiger charge is 2.11. The summed E-state index contributed by atoms with van der Waals surface area (Å²) in [4.78, 5) is 16.1. The number of nitrogens with one attached hydrogen (secondary N) is 2. The maximum Gasteiger partial charge on any atom is 0.257 e. The monoisotopic (exact) mass is 313 g/mol. The van der Waals surface area contributed by atoms with Crippen molar-refractivity contribution in [3.63, 3.8) is 0 Å². The first-order valence-corrected chi connectivity index (χ1v) is 6.96. The molecule has 1 amide bonds. The zero-order valence-corrected chi connectivity index (χ0v) is 12.2. The van der Waals surface area contributed by atoms with Gasteiger partial charge in [0.2, 0.25) is 5.55 Å². The van der Waals surface area contributed by atoms with Crippen LogP contribution in [0.15, 0.2) is 53.2 Å². The third-order valence-electron chi connectivity index (χ3n) is 3.18. The second-order valence-corrected chi connectivity index (χ2v) is 5.15. The number of hydrogen-bond acceptors (Lipinski definition) is 4. The van der Waals surface area contributed by atoms with Crippen LogP contribution < -0.4 is 10.9 Å². The second-order valence-electron chi connectivity index (χ2n) is 4.71. The van der Waals surface area contributed by atoms with Crippen molar-refractivity contribution in [2.24, 2.45) is 0 Å². The summed E-state index contributed by atoms with van der Waals surface area (Å²) in [5.74, 6) is -0.368. The molecule has 0 atom stereocenters. The number of aromatic nitrogens is 1. The number of fused-ring (bicyclic) bond motifs is 1. The molecule has 2 aromatic heterocycles. The minimum absolute atomic E-state index is 0.170. The van der Waals surface area contributed by atoms with Gasteiger partial charge < -0.3 is 9.73 Å². The van der Waals surface area contributed by atoms with Gasteiger partial charge in [0.05, 0.1) is 0 Å². The minimum atomic E-state index is -0.368. The molecule has 0 fully saturated rings. The molecule has 3 aromatic rings. The lowest BCUT2D eigenvalue weighted by Crippen LogP contribution is -2.27. The molecule has 22 heavy (non-hydrogen) atoms. The highest BCUT2D eigenvalue weighted by atomic mass is 35.5. The third-order valence-corrected chi connectivity index (χ3v) is 3.41. The molecule has 0 aliphatic heterocycles. The van der Waals surface area contributed by atoms with Crippen LogP contribution in [-0.4, -0.2) is 10.9 Å². The van der Waals surface area contributed by atoms with E-state index in [1.165, 1.54) is 0 Å². The van der Waals surface area contributed by atoms with Crippen LogP contribution in [0, 0.1) is 5.41 Å². The van der Waals surface area contributed by atoms with Crippen LogP contribution >= 0.6 is 11.6 Å². The molecule has 0 aliphatic carbocycles. The highest BCUT2D eigenvalue weighted by molar-refractivity contribution is 6.31. The molecule has 0 spiro atoms. The first-order valence-electron chi connectivity index (χ1n) is 6.58. The van der Waals surface area contributed by atoms with Crippen LogP contribution in [0.2, 0.25) is 5.02 Å². The van der Waals surface area contributed by atoms with E-state index in [0.29, 0.717) is 22.5 Å². The molecule has 6 heteroatoms. The van der Waals surface area contributed by atoms with Crippen molar-refractivity contribution in [1.29, 1.82) is 5.41 Å². The summed E-state index contributed by atoms with van der Waals surface area (Å²) in [5.41, 5.74) is 1.43. The molecule has 0 bridgehead atoms. The lowest BCUT2D eigenvalue weighted by molar-refractivity contribution is 0.0946. The van der Waals surface area contributed by atoms with Crippen molar-refractivity contribution in [3.8, 4) is 0 Å². The number of halogens is 1. The van der Waals surface area contributed by atoms with Gasteiger partial charge in [0.25, 0.3) is 5.91 Å². The molecular weight excluding hydrogens is 302 g/mol. The smallest absolute Gasteiger partial charge is 0.257 e. The van der Waals surface area contributed by atoms with E-state index < -0.39 is 0 Å². The van der Waals surface area contributed by atoms with Gasteiger partial charge in [-0.25, -0.2) is 0 Å². The molecule has 0 saturated heterocycles. The zero-order chi connectivity index (χ0) is 15.5. The molecule has 2 N–H and O–H groups in total. The van der Waals surface area contributed by atoms with Crippen LogP contribution in [0.1, 0.15) is 15.9 Å². The van der Waals surface area contributed by atoms with Crippen molar-refractivity contribution in [2.75, 3.05) is 0 Å². The van der Waals surface area contributed by atoms with E-state index in [9.17, 15) is 4.79 Å². The predicted molar refractivity (Wildman–Crippen MR) is 82.5 cm³/mol. The topological polar surface area (TPSA) is 79.0 Å². The summed E-state index contributed by atoms with van der Waals surface area (Å²) in [6.07, 6.45) is 3.32. The Morgan fingerprint density at radius 1 is 1.23 bits per heavy atom. The Hall–Kier alpha value is -2.66. The fraction of sp³-hybridized carbons (Fsp3) is 0.0625. The van der Waals surface area contributed by atoms with Gasteiger partial charge in [0.1, 0.15) is 11.1 Å². The lowest BCUT2D eigenvalue weighted by Gasteiger charge is -2.06. The van der Waals surface area contributed by atoms with E-state index in [-0.39, 0.29) is 17.0 Å². The van der Waals surface area contributed by atoms with Gasteiger partial charge in [-0.05, 0) is 42.0 Å². The Morgan fingerprint density at radius 2 is 2.00 bits per heavy atom. The normalized spacial score (nSPS) is 10.6. The van der Waals surface area contributed by atoms with Gasteiger partial charge in [-0.15, -0.1) is 0 Å². The first-order chi connectivity index (χ1) is 10.6. The summed E-state index contributed by atoms with van der Waals surface area (Å²) in [6.45, 7) is 0.356. The third kappa shape index (κ3) is 2.99. The number of rotatable bonds is 3. The molecule has 110 valence electrons. The molecule has 0 saturated carbocycles. The molecule has 0 aliphatic rings.